The van der Waals surface area contributed by atoms with Crippen LogP contribution in [0, 0.1) is 0 Å². The Morgan fingerprint density at radius 2 is 1.84 bits per heavy atom. The van der Waals surface area contributed by atoms with Gasteiger partial charge in [-0.15, -0.1) is 0 Å². The normalized spacial score (nSPS) is 10.8. The molecule has 0 heterocycles. The van der Waals surface area contributed by atoms with Crippen LogP contribution in [0.1, 0.15) is 11.1 Å². The maximum absolute atomic E-state index is 12.0. The fourth-order valence-corrected chi connectivity index (χ4v) is 1.97. The van der Waals surface area contributed by atoms with Crippen molar-refractivity contribution in [3.05, 3.63) is 65.7 Å². The Morgan fingerprint density at radius 3 is 2.52 bits per heavy atom. The molecule has 1 amide bonds. The number of halogens is 2. The van der Waals surface area contributed by atoms with E-state index in [-0.39, 0.29) is 18.3 Å². The lowest BCUT2D eigenvalue weighted by atomic mass is 10.1. The van der Waals surface area contributed by atoms with Gasteiger partial charge in [0.1, 0.15) is 5.75 Å². The molecule has 0 fully saturated rings. The zero-order chi connectivity index (χ0) is 17.9. The molecule has 7 heteroatoms. The number of carbonyl (C=O) groups excluding carboxylic acids is 1. The van der Waals surface area contributed by atoms with Crippen LogP contribution in [0.2, 0.25) is 0 Å². The first-order chi connectivity index (χ1) is 12.1. The molecule has 2 aromatic carbocycles. The lowest BCUT2D eigenvalue weighted by Crippen LogP contribution is -2.28. The Kier molecular flexibility index (Phi) is 7.37. The second-order valence-electron chi connectivity index (χ2n) is 5.04. The van der Waals surface area contributed by atoms with Crippen molar-refractivity contribution in [2.75, 3.05) is 13.2 Å². The van der Waals surface area contributed by atoms with Gasteiger partial charge in [-0.25, -0.2) is 0 Å². The summed E-state index contributed by atoms with van der Waals surface area (Å²) in [6, 6.07) is 15.7. The summed E-state index contributed by atoms with van der Waals surface area (Å²) in [5.41, 5.74) is 1.77. The maximum atomic E-state index is 12.0. The predicted molar refractivity (Wildman–Crippen MR) is 89.8 cm³/mol. The van der Waals surface area contributed by atoms with Crippen molar-refractivity contribution in [1.29, 1.82) is 0 Å². The van der Waals surface area contributed by atoms with Crippen molar-refractivity contribution in [2.45, 2.75) is 13.0 Å². The summed E-state index contributed by atoms with van der Waals surface area (Å²) in [6.07, 6.45) is 2.12. The molecule has 0 aromatic heterocycles. The highest BCUT2D eigenvalue weighted by Gasteiger charge is 2.03. The summed E-state index contributed by atoms with van der Waals surface area (Å²) in [4.78, 5) is 16.5. The molecule has 0 saturated heterocycles. The largest absolute Gasteiger partial charge is 0.435 e. The van der Waals surface area contributed by atoms with Crippen molar-refractivity contribution in [2.24, 2.45) is 5.16 Å². The number of nitrogens with one attached hydrogen (secondary N) is 1. The molecule has 5 nitrogen and oxygen atoms in total. The number of benzene rings is 2. The molecule has 2 aromatic rings. The average molecular weight is 348 g/mol. The highest BCUT2D eigenvalue weighted by molar-refractivity contribution is 5.80. The Hall–Kier alpha value is -2.96. The minimum atomic E-state index is -2.86. The summed E-state index contributed by atoms with van der Waals surface area (Å²) < 4.78 is 28.3. The lowest BCUT2D eigenvalue weighted by molar-refractivity contribution is -0.125. The van der Waals surface area contributed by atoms with E-state index in [4.69, 9.17) is 4.84 Å². The molecule has 25 heavy (non-hydrogen) atoms. The van der Waals surface area contributed by atoms with Gasteiger partial charge in [0, 0.05) is 6.54 Å². The minimum Gasteiger partial charge on any atom is -0.435 e. The lowest BCUT2D eigenvalue weighted by Gasteiger charge is -2.05. The first kappa shape index (κ1) is 18.4. The van der Waals surface area contributed by atoms with Gasteiger partial charge < -0.3 is 14.9 Å². The number of amides is 1. The van der Waals surface area contributed by atoms with E-state index in [1.165, 1.54) is 18.3 Å². The number of carbonyl (C=O) groups is 1. The van der Waals surface area contributed by atoms with Crippen molar-refractivity contribution in [1.82, 2.24) is 5.32 Å². The topological polar surface area (TPSA) is 59.9 Å². The monoisotopic (exact) mass is 348 g/mol. The summed E-state index contributed by atoms with van der Waals surface area (Å²) in [6.45, 7) is -2.54. The molecule has 2 rings (SSSR count). The van der Waals surface area contributed by atoms with Crippen LogP contribution < -0.4 is 10.1 Å². The fourth-order valence-electron chi connectivity index (χ4n) is 1.97. The van der Waals surface area contributed by atoms with E-state index in [2.05, 4.69) is 15.2 Å². The third-order valence-electron chi connectivity index (χ3n) is 3.16. The number of ether oxygens (including phenoxy) is 1. The third-order valence-corrected chi connectivity index (χ3v) is 3.16. The Balaban J connectivity index is 1.64. The van der Waals surface area contributed by atoms with Gasteiger partial charge in [0.2, 0.25) is 0 Å². The molecule has 0 atom stereocenters. The fraction of sp³-hybridized carbons (Fsp3) is 0.222. The van der Waals surface area contributed by atoms with Crippen LogP contribution in [-0.2, 0) is 16.1 Å². The number of hydrogen-bond acceptors (Lipinski definition) is 4. The zero-order valence-electron chi connectivity index (χ0n) is 13.4. The second kappa shape index (κ2) is 10.0. The standard InChI is InChI=1S/C18H18F2N2O3/c19-18(20)25-16-8-6-15(7-9-16)12-22-24-13-17(23)21-11-10-14-4-2-1-3-5-14/h1-9,12,18H,10-11,13H2,(H,21,23)/b22-12-. The summed E-state index contributed by atoms with van der Waals surface area (Å²) in [7, 11) is 0. The van der Waals surface area contributed by atoms with Gasteiger partial charge >= 0.3 is 6.61 Å². The maximum Gasteiger partial charge on any atom is 0.387 e. The van der Waals surface area contributed by atoms with Crippen molar-refractivity contribution >= 4 is 12.1 Å². The Labute approximate surface area is 144 Å². The van der Waals surface area contributed by atoms with E-state index in [1.807, 2.05) is 30.3 Å². The van der Waals surface area contributed by atoms with Gasteiger partial charge in [0.05, 0.1) is 6.21 Å². The predicted octanol–water partition coefficient (Wildman–Crippen LogP) is 3.00. The molecule has 0 aliphatic carbocycles. The molecule has 0 unspecified atom stereocenters. The van der Waals surface area contributed by atoms with Crippen LogP contribution in [-0.4, -0.2) is 31.9 Å². The number of nitrogens with zero attached hydrogens (tertiary/aromatic N) is 1. The number of hydrogen-bond donors (Lipinski definition) is 1. The molecule has 0 radical (unpaired) electrons. The zero-order valence-corrected chi connectivity index (χ0v) is 13.4. The van der Waals surface area contributed by atoms with E-state index >= 15 is 0 Å². The average Bonchev–Trinajstić information content (AvgIpc) is 2.60. The molecular formula is C18H18F2N2O3. The highest BCUT2D eigenvalue weighted by atomic mass is 19.3. The van der Waals surface area contributed by atoms with E-state index in [9.17, 15) is 13.6 Å². The van der Waals surface area contributed by atoms with Gasteiger partial charge in [0.15, 0.2) is 6.61 Å². The molecule has 0 aliphatic rings. The number of rotatable bonds is 9. The SMILES string of the molecule is O=C(CO/N=C\c1ccc(OC(F)F)cc1)NCCc1ccccc1. The van der Waals surface area contributed by atoms with Gasteiger partial charge in [-0.05, 0) is 41.8 Å². The third kappa shape index (κ3) is 7.43. The van der Waals surface area contributed by atoms with Crippen LogP contribution in [0.25, 0.3) is 0 Å². The van der Waals surface area contributed by atoms with Gasteiger partial charge in [0.25, 0.3) is 5.91 Å². The highest BCUT2D eigenvalue weighted by Crippen LogP contribution is 2.13. The van der Waals surface area contributed by atoms with Crippen LogP contribution in [0.15, 0.2) is 59.8 Å². The first-order valence-electron chi connectivity index (χ1n) is 7.64. The molecule has 0 saturated carbocycles. The molecule has 1 N–H and O–H groups in total. The number of oxime groups is 1. The second-order valence-corrected chi connectivity index (χ2v) is 5.04. The quantitative estimate of drug-likeness (QED) is 0.560. The van der Waals surface area contributed by atoms with E-state index in [0.29, 0.717) is 12.1 Å². The Bertz CT molecular complexity index is 676. The van der Waals surface area contributed by atoms with Crippen LogP contribution >= 0.6 is 0 Å². The van der Waals surface area contributed by atoms with Crippen molar-refractivity contribution < 1.29 is 23.1 Å². The van der Waals surface area contributed by atoms with Crippen molar-refractivity contribution in [3.63, 3.8) is 0 Å². The summed E-state index contributed by atoms with van der Waals surface area (Å²) in [5, 5.41) is 6.39. The van der Waals surface area contributed by atoms with Gasteiger partial charge in [-0.2, -0.15) is 8.78 Å². The van der Waals surface area contributed by atoms with E-state index in [0.717, 1.165) is 12.0 Å². The van der Waals surface area contributed by atoms with E-state index in [1.54, 1.807) is 12.1 Å². The smallest absolute Gasteiger partial charge is 0.387 e. The molecule has 0 spiro atoms. The summed E-state index contributed by atoms with van der Waals surface area (Å²) >= 11 is 0. The number of alkyl halides is 2. The van der Waals surface area contributed by atoms with Gasteiger partial charge in [-0.3, -0.25) is 4.79 Å². The molecule has 0 bridgehead atoms. The molecule has 0 aliphatic heterocycles. The van der Waals surface area contributed by atoms with Crippen LogP contribution in [0.4, 0.5) is 8.78 Å². The minimum absolute atomic E-state index is 0.0610. The van der Waals surface area contributed by atoms with E-state index < -0.39 is 6.61 Å². The first-order valence-corrected chi connectivity index (χ1v) is 7.64. The molecular weight excluding hydrogens is 330 g/mol. The van der Waals surface area contributed by atoms with Gasteiger partial charge in [-0.1, -0.05) is 35.5 Å². The van der Waals surface area contributed by atoms with Crippen molar-refractivity contribution in [3.8, 4) is 5.75 Å². The van der Waals surface area contributed by atoms with Crippen LogP contribution in [0.3, 0.4) is 0 Å². The Morgan fingerprint density at radius 1 is 1.12 bits per heavy atom. The molecule has 132 valence electrons. The van der Waals surface area contributed by atoms with Crippen LogP contribution in [0.5, 0.6) is 5.75 Å². The summed E-state index contributed by atoms with van der Waals surface area (Å²) in [5.74, 6) is -0.209.